The summed E-state index contributed by atoms with van der Waals surface area (Å²) >= 11 is 0. The molecule has 0 unspecified atom stereocenters. The van der Waals surface area contributed by atoms with Crippen LogP contribution in [-0.2, 0) is 24.4 Å². The minimum absolute atomic E-state index is 0.0174. The van der Waals surface area contributed by atoms with E-state index >= 15 is 0 Å². The molecule has 7 N–H and O–H groups in total. The van der Waals surface area contributed by atoms with Gasteiger partial charge in [-0.25, -0.2) is 13.2 Å². The summed E-state index contributed by atoms with van der Waals surface area (Å²) in [7, 11) is -4.09. The summed E-state index contributed by atoms with van der Waals surface area (Å²) in [5, 5.41) is 23.6. The molecule has 1 saturated carbocycles. The maximum Gasteiger partial charge on any atom is 0.328 e. The van der Waals surface area contributed by atoms with Crippen LogP contribution in [0.1, 0.15) is 43.0 Å². The number of guanidine groups is 2. The first-order valence-corrected chi connectivity index (χ1v) is 18.1. The normalized spacial score (nSPS) is 20.1. The summed E-state index contributed by atoms with van der Waals surface area (Å²) in [6.07, 6.45) is 2.77. The maximum absolute atomic E-state index is 13.5. The van der Waals surface area contributed by atoms with E-state index in [1.807, 2.05) is 4.90 Å². The number of aliphatic imine (C=N–C) groups is 2. The topological polar surface area (TPSA) is 223 Å². The quantitative estimate of drug-likeness (QED) is 0.151. The van der Waals surface area contributed by atoms with Crippen molar-refractivity contribution in [3.05, 3.63) is 60.2 Å². The molecule has 0 spiro atoms. The van der Waals surface area contributed by atoms with Crippen LogP contribution in [0, 0.1) is 11.8 Å². The molecule has 268 valence electrons. The van der Waals surface area contributed by atoms with Gasteiger partial charge in [-0.2, -0.15) is 4.72 Å². The molecule has 2 aliphatic heterocycles. The third-order valence-corrected chi connectivity index (χ3v) is 10.3. The molecular formula is C33H43N9O7S. The van der Waals surface area contributed by atoms with E-state index in [9.17, 15) is 32.7 Å². The molecule has 2 atom stereocenters. The Kier molecular flexibility index (Phi) is 12.0. The van der Waals surface area contributed by atoms with Gasteiger partial charge in [0.25, 0.3) is 5.91 Å². The van der Waals surface area contributed by atoms with Gasteiger partial charge in [0.2, 0.25) is 33.8 Å². The van der Waals surface area contributed by atoms with E-state index in [0.29, 0.717) is 50.0 Å². The smallest absolute Gasteiger partial charge is 0.328 e. The van der Waals surface area contributed by atoms with Crippen molar-refractivity contribution in [2.45, 2.75) is 49.6 Å². The van der Waals surface area contributed by atoms with E-state index in [-0.39, 0.29) is 16.4 Å². The lowest BCUT2D eigenvalue weighted by molar-refractivity contribution is -0.142. The predicted molar refractivity (Wildman–Crippen MR) is 186 cm³/mol. The number of carbonyl (C=O) groups excluding carboxylic acids is 3. The molecule has 3 amide bonds. The average Bonchev–Trinajstić information content (AvgIpc) is 3.81. The molecule has 0 aromatic heterocycles. The fourth-order valence-corrected chi connectivity index (χ4v) is 7.30. The third kappa shape index (κ3) is 9.56. The van der Waals surface area contributed by atoms with Crippen LogP contribution in [-0.4, -0.2) is 105 Å². The molecule has 17 heteroatoms. The summed E-state index contributed by atoms with van der Waals surface area (Å²) < 4.78 is 28.8. The van der Waals surface area contributed by atoms with Gasteiger partial charge in [0.15, 0.2) is 0 Å². The number of amides is 3. The predicted octanol–water partition coefficient (Wildman–Crippen LogP) is 0.318. The van der Waals surface area contributed by atoms with Crippen LogP contribution in [0.3, 0.4) is 0 Å². The highest BCUT2D eigenvalue weighted by Gasteiger charge is 2.36. The lowest BCUT2D eigenvalue weighted by Gasteiger charge is -2.33. The second-order valence-electron chi connectivity index (χ2n) is 12.5. The summed E-state index contributed by atoms with van der Waals surface area (Å²) in [6, 6.07) is 11.5. The van der Waals surface area contributed by atoms with Crippen molar-refractivity contribution in [3.8, 4) is 0 Å². The van der Waals surface area contributed by atoms with E-state index in [0.717, 1.165) is 25.3 Å². The summed E-state index contributed by atoms with van der Waals surface area (Å²) in [5.74, 6) is -2.02. The molecule has 0 bridgehead atoms. The van der Waals surface area contributed by atoms with E-state index in [4.69, 9.17) is 0 Å². The van der Waals surface area contributed by atoms with Gasteiger partial charge in [0.1, 0.15) is 12.1 Å². The number of sulfonamides is 1. The van der Waals surface area contributed by atoms with Crippen molar-refractivity contribution in [2.24, 2.45) is 21.8 Å². The van der Waals surface area contributed by atoms with Crippen LogP contribution in [0.15, 0.2) is 69.5 Å². The van der Waals surface area contributed by atoms with Crippen LogP contribution in [0.2, 0.25) is 0 Å². The number of anilines is 1. The first-order chi connectivity index (χ1) is 24.0. The second-order valence-corrected chi connectivity index (χ2v) is 14.2. The molecule has 2 heterocycles. The lowest BCUT2D eigenvalue weighted by Crippen LogP contribution is -2.57. The molecule has 0 saturated heterocycles. The Morgan fingerprint density at radius 1 is 0.980 bits per heavy atom. The summed E-state index contributed by atoms with van der Waals surface area (Å²) in [6.45, 7) is 3.85. The van der Waals surface area contributed by atoms with Gasteiger partial charge in [-0.15, -0.1) is 0 Å². The first kappa shape index (κ1) is 36.3. The van der Waals surface area contributed by atoms with Gasteiger partial charge in [-0.1, -0.05) is 44.0 Å². The number of carboxylic acids is 1. The Morgan fingerprint density at radius 2 is 1.74 bits per heavy atom. The molecular weight excluding hydrogens is 666 g/mol. The average molecular weight is 710 g/mol. The number of hydrogen-bond acceptors (Lipinski definition) is 11. The van der Waals surface area contributed by atoms with E-state index in [1.54, 1.807) is 42.5 Å². The van der Waals surface area contributed by atoms with Crippen molar-refractivity contribution in [1.82, 2.24) is 30.9 Å². The maximum atomic E-state index is 13.5. The van der Waals surface area contributed by atoms with E-state index < -0.39 is 58.9 Å². The zero-order chi connectivity index (χ0) is 35.7. The Morgan fingerprint density at radius 3 is 2.44 bits per heavy atom. The number of aliphatic carboxylic acids is 1. The largest absolute Gasteiger partial charge is 0.480 e. The second kappa shape index (κ2) is 16.6. The van der Waals surface area contributed by atoms with E-state index in [2.05, 4.69) is 48.2 Å². The van der Waals surface area contributed by atoms with Crippen LogP contribution in [0.25, 0.3) is 0 Å². The van der Waals surface area contributed by atoms with Gasteiger partial charge in [-0.05, 0) is 55.0 Å². The highest BCUT2D eigenvalue weighted by atomic mass is 32.2. The van der Waals surface area contributed by atoms with Gasteiger partial charge < -0.3 is 31.7 Å². The minimum atomic E-state index is -4.09. The molecule has 1 fully saturated rings. The standard InChI is InChI=1S/C33H43N9O7S/c1-21-10-12-22(13-11-21)28(41-50(48,49)25-8-3-2-4-9-25)30(45)40-26(31(46)47)19-37-27(43)20-38-29(44)23-6-5-7-24(18-23)39-33-36-16-17-42(33)32-34-14-15-35-32/h2-9,18,21-22,26,28,41H,10-17,19-20H2,1H3,(H,34,35)(H,36,39)(H,37,43)(H,38,44)(H,40,45)(H,46,47)/t21?,22?,26-,28+/m1/s1. The van der Waals surface area contributed by atoms with Crippen molar-refractivity contribution in [1.29, 1.82) is 0 Å². The van der Waals surface area contributed by atoms with Crippen molar-refractivity contribution >= 4 is 51.3 Å². The lowest BCUT2D eigenvalue weighted by atomic mass is 9.79. The first-order valence-electron chi connectivity index (χ1n) is 16.6. The molecule has 2 aromatic rings. The van der Waals surface area contributed by atoms with Gasteiger partial charge in [0, 0.05) is 30.9 Å². The van der Waals surface area contributed by atoms with Gasteiger partial charge >= 0.3 is 5.97 Å². The van der Waals surface area contributed by atoms with Crippen molar-refractivity contribution in [2.75, 3.05) is 44.6 Å². The van der Waals surface area contributed by atoms with Crippen LogP contribution >= 0.6 is 0 Å². The number of nitrogens with zero attached hydrogens (tertiary/aromatic N) is 3. The van der Waals surface area contributed by atoms with Crippen LogP contribution in [0.5, 0.6) is 0 Å². The number of rotatable bonds is 13. The summed E-state index contributed by atoms with van der Waals surface area (Å²) in [4.78, 5) is 61.9. The van der Waals surface area contributed by atoms with Crippen molar-refractivity contribution < 1.29 is 32.7 Å². The Hall–Kier alpha value is -5.03. The number of hydrogen-bond donors (Lipinski definition) is 7. The SMILES string of the molecule is CC1CCC([C@H](NS(=O)(=O)c2ccccc2)C(=O)N[C@H](CNC(=O)CNC(=O)c2cccc(NC3=NCCN3C3=NCCN3)c2)C(=O)O)CC1. The molecule has 1 aliphatic carbocycles. The molecule has 0 radical (unpaired) electrons. The van der Waals surface area contributed by atoms with Crippen molar-refractivity contribution in [3.63, 3.8) is 0 Å². The number of nitrogens with one attached hydrogen (secondary N) is 6. The fourth-order valence-electron chi connectivity index (χ4n) is 6.01. The van der Waals surface area contributed by atoms with E-state index in [1.165, 1.54) is 12.1 Å². The molecule has 2 aromatic carbocycles. The number of carbonyl (C=O) groups is 4. The number of benzene rings is 2. The molecule has 5 rings (SSSR count). The van der Waals surface area contributed by atoms with Gasteiger partial charge in [0.05, 0.1) is 24.5 Å². The summed E-state index contributed by atoms with van der Waals surface area (Å²) in [5.41, 5.74) is 0.888. The zero-order valence-corrected chi connectivity index (χ0v) is 28.5. The van der Waals surface area contributed by atoms with Gasteiger partial charge in [-0.3, -0.25) is 29.3 Å². The Bertz CT molecular complexity index is 1730. The highest BCUT2D eigenvalue weighted by Crippen LogP contribution is 2.31. The Balaban J connectivity index is 1.14. The molecule has 50 heavy (non-hydrogen) atoms. The molecule has 16 nitrogen and oxygen atoms in total. The van der Waals surface area contributed by atoms with Crippen LogP contribution in [0.4, 0.5) is 5.69 Å². The fraction of sp³-hybridized carbons (Fsp3) is 0.455. The third-order valence-electron chi connectivity index (χ3n) is 8.81. The monoisotopic (exact) mass is 709 g/mol. The Labute approximate surface area is 290 Å². The zero-order valence-electron chi connectivity index (χ0n) is 27.7. The minimum Gasteiger partial charge on any atom is -0.480 e. The highest BCUT2D eigenvalue weighted by molar-refractivity contribution is 7.89. The number of carboxylic acid groups (broad SMARTS) is 1. The molecule has 3 aliphatic rings. The van der Waals surface area contributed by atoms with Crippen LogP contribution < -0.4 is 31.3 Å².